The third kappa shape index (κ3) is 3.01. The highest BCUT2D eigenvalue weighted by atomic mass is 79.9. The van der Waals surface area contributed by atoms with Crippen LogP contribution in [0.5, 0.6) is 0 Å². The Bertz CT molecular complexity index is 596. The van der Waals surface area contributed by atoms with Gasteiger partial charge in [0.2, 0.25) is 0 Å². The zero-order valence-electron chi connectivity index (χ0n) is 9.29. The number of carbonyl (C=O) groups excluding carboxylic acids is 1. The zero-order valence-corrected chi connectivity index (χ0v) is 10.9. The van der Waals surface area contributed by atoms with Crippen LogP contribution in [0.3, 0.4) is 0 Å². The molecule has 0 unspecified atom stereocenters. The van der Waals surface area contributed by atoms with Crippen molar-refractivity contribution in [3.8, 4) is 0 Å². The van der Waals surface area contributed by atoms with E-state index in [2.05, 4.69) is 15.9 Å². The molecule has 0 heterocycles. The van der Waals surface area contributed by atoms with Gasteiger partial charge in [-0.3, -0.25) is 4.79 Å². The van der Waals surface area contributed by atoms with Crippen LogP contribution in [-0.4, -0.2) is 5.78 Å². The Balaban J connectivity index is 2.24. The summed E-state index contributed by atoms with van der Waals surface area (Å²) in [7, 11) is 0. The lowest BCUT2D eigenvalue weighted by atomic mass is 10.0. The lowest BCUT2D eigenvalue weighted by molar-refractivity contribution is 0.0991. The van der Waals surface area contributed by atoms with E-state index in [0.717, 1.165) is 6.07 Å². The fraction of sp³-hybridized carbons (Fsp3) is 0.0714. The fourth-order valence-corrected chi connectivity index (χ4v) is 2.02. The number of hydrogen-bond donors (Lipinski definition) is 0. The summed E-state index contributed by atoms with van der Waals surface area (Å²) in [5.74, 6) is -1.23. The smallest absolute Gasteiger partial charge is 0.167 e. The van der Waals surface area contributed by atoms with Crippen LogP contribution < -0.4 is 0 Å². The van der Waals surface area contributed by atoms with Crippen LogP contribution in [-0.2, 0) is 6.42 Å². The van der Waals surface area contributed by atoms with Gasteiger partial charge in [-0.2, -0.15) is 0 Å². The molecule has 0 aromatic heterocycles. The highest BCUT2D eigenvalue weighted by Gasteiger charge is 2.11. The van der Waals surface area contributed by atoms with Crippen molar-refractivity contribution >= 4 is 21.7 Å². The lowest BCUT2D eigenvalue weighted by Crippen LogP contribution is -2.05. The molecule has 0 aliphatic carbocycles. The summed E-state index contributed by atoms with van der Waals surface area (Å²) in [6, 6.07) is 9.78. The SMILES string of the molecule is O=C(Cc1cc(Br)ccc1F)c1cccc(F)c1. The molecule has 18 heavy (non-hydrogen) atoms. The van der Waals surface area contributed by atoms with Gasteiger partial charge < -0.3 is 0 Å². The molecule has 0 saturated heterocycles. The predicted molar refractivity (Wildman–Crippen MR) is 68.5 cm³/mol. The fourth-order valence-electron chi connectivity index (χ4n) is 1.62. The normalized spacial score (nSPS) is 10.4. The second kappa shape index (κ2) is 5.40. The molecule has 1 nitrogen and oxygen atoms in total. The van der Waals surface area contributed by atoms with Crippen molar-refractivity contribution in [2.45, 2.75) is 6.42 Å². The van der Waals surface area contributed by atoms with E-state index in [1.54, 1.807) is 12.1 Å². The first-order valence-electron chi connectivity index (χ1n) is 5.29. The molecular weight excluding hydrogens is 302 g/mol. The number of carbonyl (C=O) groups is 1. The van der Waals surface area contributed by atoms with Crippen molar-refractivity contribution in [1.29, 1.82) is 0 Å². The van der Waals surface area contributed by atoms with E-state index in [1.807, 2.05) is 0 Å². The Morgan fingerprint density at radius 3 is 2.61 bits per heavy atom. The standard InChI is InChI=1S/C14H9BrF2O/c15-11-4-5-13(17)10(6-11)8-14(18)9-2-1-3-12(16)7-9/h1-7H,8H2. The minimum Gasteiger partial charge on any atom is -0.294 e. The Kier molecular flexibility index (Phi) is 3.87. The Hall–Kier alpha value is -1.55. The van der Waals surface area contributed by atoms with Crippen molar-refractivity contribution in [3.05, 3.63) is 69.7 Å². The molecule has 2 rings (SSSR count). The van der Waals surface area contributed by atoms with Gasteiger partial charge in [0.05, 0.1) is 0 Å². The van der Waals surface area contributed by atoms with Crippen molar-refractivity contribution in [2.75, 3.05) is 0 Å². The van der Waals surface area contributed by atoms with Gasteiger partial charge in [-0.15, -0.1) is 0 Å². The number of Topliss-reactive ketones (excluding diaryl/α,β-unsaturated/α-hetero) is 1. The topological polar surface area (TPSA) is 17.1 Å². The number of halogens is 3. The van der Waals surface area contributed by atoms with Gasteiger partial charge >= 0.3 is 0 Å². The van der Waals surface area contributed by atoms with Crippen molar-refractivity contribution in [2.24, 2.45) is 0 Å². The summed E-state index contributed by atoms with van der Waals surface area (Å²) in [5, 5.41) is 0. The summed E-state index contributed by atoms with van der Waals surface area (Å²) in [4.78, 5) is 11.9. The van der Waals surface area contributed by atoms with Gasteiger partial charge in [-0.25, -0.2) is 8.78 Å². The maximum Gasteiger partial charge on any atom is 0.167 e. The van der Waals surface area contributed by atoms with E-state index in [9.17, 15) is 13.6 Å². The van der Waals surface area contributed by atoms with E-state index in [1.165, 1.54) is 24.3 Å². The van der Waals surface area contributed by atoms with Gasteiger partial charge in [0.1, 0.15) is 11.6 Å². The largest absolute Gasteiger partial charge is 0.294 e. The third-order valence-corrected chi connectivity index (χ3v) is 3.00. The van der Waals surface area contributed by atoms with Crippen LogP contribution in [0.1, 0.15) is 15.9 Å². The summed E-state index contributed by atoms with van der Waals surface area (Å²) in [6.45, 7) is 0. The molecule has 92 valence electrons. The maximum atomic E-state index is 13.5. The third-order valence-electron chi connectivity index (χ3n) is 2.51. The summed E-state index contributed by atoms with van der Waals surface area (Å²) in [6.07, 6.45) is -0.0886. The van der Waals surface area contributed by atoms with Crippen LogP contribution in [0.2, 0.25) is 0 Å². The Morgan fingerprint density at radius 1 is 1.11 bits per heavy atom. The van der Waals surface area contributed by atoms with Crippen molar-refractivity contribution in [3.63, 3.8) is 0 Å². The summed E-state index contributed by atoms with van der Waals surface area (Å²) >= 11 is 3.22. The molecule has 0 aliphatic heterocycles. The molecule has 0 amide bonds. The van der Waals surface area contributed by atoms with Crippen LogP contribution >= 0.6 is 15.9 Å². The lowest BCUT2D eigenvalue weighted by Gasteiger charge is -2.04. The molecule has 0 aliphatic rings. The van der Waals surface area contributed by atoms with Gasteiger partial charge in [-0.1, -0.05) is 28.1 Å². The van der Waals surface area contributed by atoms with E-state index in [-0.39, 0.29) is 17.8 Å². The van der Waals surface area contributed by atoms with E-state index in [4.69, 9.17) is 0 Å². The number of hydrogen-bond acceptors (Lipinski definition) is 1. The molecule has 0 N–H and O–H groups in total. The first kappa shape index (κ1) is 12.9. The van der Waals surface area contributed by atoms with E-state index < -0.39 is 11.6 Å². The monoisotopic (exact) mass is 310 g/mol. The molecule has 0 saturated carbocycles. The van der Waals surface area contributed by atoms with Crippen molar-refractivity contribution in [1.82, 2.24) is 0 Å². The number of rotatable bonds is 3. The van der Waals surface area contributed by atoms with E-state index >= 15 is 0 Å². The quantitative estimate of drug-likeness (QED) is 0.778. The second-order valence-corrected chi connectivity index (χ2v) is 4.76. The second-order valence-electron chi connectivity index (χ2n) is 3.85. The Labute approximate surface area is 112 Å². The van der Waals surface area contributed by atoms with Crippen molar-refractivity contribution < 1.29 is 13.6 Å². The van der Waals surface area contributed by atoms with Crippen LogP contribution in [0, 0.1) is 11.6 Å². The highest BCUT2D eigenvalue weighted by molar-refractivity contribution is 9.10. The van der Waals surface area contributed by atoms with Gasteiger partial charge in [0, 0.05) is 16.5 Å². The molecule has 4 heteroatoms. The van der Waals surface area contributed by atoms with Gasteiger partial charge in [0.25, 0.3) is 0 Å². The average Bonchev–Trinajstić information content (AvgIpc) is 2.34. The molecule has 0 atom stereocenters. The summed E-state index contributed by atoms with van der Waals surface area (Å²) < 4.78 is 27.2. The van der Waals surface area contributed by atoms with Gasteiger partial charge in [-0.05, 0) is 35.9 Å². The van der Waals surface area contributed by atoms with Crippen LogP contribution in [0.15, 0.2) is 46.9 Å². The first-order valence-corrected chi connectivity index (χ1v) is 6.08. The first-order chi connectivity index (χ1) is 8.56. The molecule has 2 aromatic rings. The molecule has 0 spiro atoms. The number of benzene rings is 2. The molecule has 2 aromatic carbocycles. The average molecular weight is 311 g/mol. The Morgan fingerprint density at radius 2 is 1.89 bits per heavy atom. The molecule has 0 bridgehead atoms. The number of ketones is 1. The summed E-state index contributed by atoms with van der Waals surface area (Å²) in [5.41, 5.74) is 0.535. The molecular formula is C14H9BrF2O. The minimum atomic E-state index is -0.476. The minimum absolute atomic E-state index is 0.0886. The molecule has 0 radical (unpaired) electrons. The molecule has 0 fully saturated rings. The maximum absolute atomic E-state index is 13.5. The van der Waals surface area contributed by atoms with Gasteiger partial charge in [0.15, 0.2) is 5.78 Å². The predicted octanol–water partition coefficient (Wildman–Crippen LogP) is 4.15. The zero-order chi connectivity index (χ0) is 13.1. The highest BCUT2D eigenvalue weighted by Crippen LogP contribution is 2.17. The van der Waals surface area contributed by atoms with Crippen LogP contribution in [0.4, 0.5) is 8.78 Å². The van der Waals surface area contributed by atoms with E-state index in [0.29, 0.717) is 10.0 Å². The van der Waals surface area contributed by atoms with Crippen LogP contribution in [0.25, 0.3) is 0 Å².